The van der Waals surface area contributed by atoms with E-state index < -0.39 is 0 Å². The van der Waals surface area contributed by atoms with E-state index in [-0.39, 0.29) is 0 Å². The van der Waals surface area contributed by atoms with Crippen molar-refractivity contribution >= 4 is 0 Å². The molecule has 92 valence electrons. The molecule has 0 saturated carbocycles. The van der Waals surface area contributed by atoms with Crippen molar-refractivity contribution in [2.45, 2.75) is 39.8 Å². The molecule has 0 radical (unpaired) electrons. The fourth-order valence-corrected chi connectivity index (χ4v) is 1.53. The zero-order valence-corrected chi connectivity index (χ0v) is 10.4. The average molecular weight is 225 g/mol. The van der Waals surface area contributed by atoms with Crippen molar-refractivity contribution in [2.75, 3.05) is 19.7 Å². The second-order valence-electron chi connectivity index (χ2n) is 3.88. The molecule has 0 fully saturated rings. The first-order valence-electron chi connectivity index (χ1n) is 6.16. The zero-order valence-electron chi connectivity index (χ0n) is 10.4. The summed E-state index contributed by atoms with van der Waals surface area (Å²) < 4.78 is 7.74. The predicted octanol–water partition coefficient (Wildman–Crippen LogP) is 1.81. The molecule has 0 aliphatic carbocycles. The van der Waals surface area contributed by atoms with E-state index >= 15 is 0 Å². The van der Waals surface area contributed by atoms with Crippen LogP contribution in [0.15, 0.2) is 12.5 Å². The molecule has 16 heavy (non-hydrogen) atoms. The fourth-order valence-electron chi connectivity index (χ4n) is 1.53. The SMILES string of the molecule is CCCNCCOCc1cncn1CCC. The highest BCUT2D eigenvalue weighted by molar-refractivity contribution is 4.96. The van der Waals surface area contributed by atoms with Crippen LogP contribution in [-0.2, 0) is 17.9 Å². The number of aryl methyl sites for hydroxylation is 1. The van der Waals surface area contributed by atoms with E-state index in [9.17, 15) is 0 Å². The van der Waals surface area contributed by atoms with Gasteiger partial charge in [0.15, 0.2) is 0 Å². The first-order valence-corrected chi connectivity index (χ1v) is 6.16. The molecule has 1 N–H and O–H groups in total. The number of nitrogens with one attached hydrogen (secondary N) is 1. The molecule has 0 aromatic carbocycles. The molecule has 0 atom stereocenters. The Morgan fingerprint density at radius 3 is 2.94 bits per heavy atom. The second kappa shape index (κ2) is 8.30. The molecule has 0 unspecified atom stereocenters. The highest BCUT2D eigenvalue weighted by atomic mass is 16.5. The summed E-state index contributed by atoms with van der Waals surface area (Å²) in [6.07, 6.45) is 6.05. The lowest BCUT2D eigenvalue weighted by atomic mass is 10.4. The zero-order chi connectivity index (χ0) is 11.6. The van der Waals surface area contributed by atoms with Gasteiger partial charge in [0, 0.05) is 13.1 Å². The molecule has 0 aliphatic rings. The Labute approximate surface area is 98.0 Å². The quantitative estimate of drug-likeness (QED) is 0.651. The normalized spacial score (nSPS) is 10.9. The van der Waals surface area contributed by atoms with Crippen molar-refractivity contribution in [1.82, 2.24) is 14.9 Å². The minimum atomic E-state index is 0.661. The third-order valence-corrected chi connectivity index (χ3v) is 2.36. The monoisotopic (exact) mass is 225 g/mol. The molecule has 0 bridgehead atoms. The molecule has 1 aromatic heterocycles. The third kappa shape index (κ3) is 4.77. The van der Waals surface area contributed by atoms with E-state index in [1.807, 2.05) is 12.5 Å². The van der Waals surface area contributed by atoms with Crippen LogP contribution < -0.4 is 5.32 Å². The number of aromatic nitrogens is 2. The van der Waals surface area contributed by atoms with Crippen LogP contribution in [0.3, 0.4) is 0 Å². The van der Waals surface area contributed by atoms with Gasteiger partial charge in [-0.15, -0.1) is 0 Å². The fraction of sp³-hybridized carbons (Fsp3) is 0.750. The lowest BCUT2D eigenvalue weighted by Crippen LogP contribution is -2.20. The Hall–Kier alpha value is -0.870. The second-order valence-corrected chi connectivity index (χ2v) is 3.88. The van der Waals surface area contributed by atoms with Gasteiger partial charge in [0.25, 0.3) is 0 Å². The summed E-state index contributed by atoms with van der Waals surface area (Å²) in [6, 6.07) is 0. The summed E-state index contributed by atoms with van der Waals surface area (Å²) in [4.78, 5) is 4.14. The van der Waals surface area contributed by atoms with Crippen LogP contribution in [0, 0.1) is 0 Å². The van der Waals surface area contributed by atoms with Crippen molar-refractivity contribution in [2.24, 2.45) is 0 Å². The number of hydrogen-bond acceptors (Lipinski definition) is 3. The first-order chi connectivity index (χ1) is 7.88. The maximum Gasteiger partial charge on any atom is 0.0948 e. The molecule has 1 aromatic rings. The van der Waals surface area contributed by atoms with Crippen molar-refractivity contribution in [1.29, 1.82) is 0 Å². The Bertz CT molecular complexity index is 273. The topological polar surface area (TPSA) is 39.1 Å². The number of imidazole rings is 1. The Morgan fingerprint density at radius 1 is 1.31 bits per heavy atom. The summed E-state index contributed by atoms with van der Waals surface area (Å²) in [5.41, 5.74) is 1.16. The summed E-state index contributed by atoms with van der Waals surface area (Å²) in [7, 11) is 0. The van der Waals surface area contributed by atoms with Gasteiger partial charge in [0.05, 0.1) is 31.4 Å². The largest absolute Gasteiger partial charge is 0.374 e. The summed E-state index contributed by atoms with van der Waals surface area (Å²) >= 11 is 0. The molecular formula is C12H23N3O. The Balaban J connectivity index is 2.13. The van der Waals surface area contributed by atoms with Crippen molar-refractivity contribution < 1.29 is 4.74 Å². The van der Waals surface area contributed by atoms with Crippen molar-refractivity contribution in [3.05, 3.63) is 18.2 Å². The van der Waals surface area contributed by atoms with Crippen LogP contribution in [-0.4, -0.2) is 29.2 Å². The molecule has 1 rings (SSSR count). The first kappa shape index (κ1) is 13.2. The van der Waals surface area contributed by atoms with Crippen molar-refractivity contribution in [3.63, 3.8) is 0 Å². The molecule has 4 heteroatoms. The minimum Gasteiger partial charge on any atom is -0.374 e. The van der Waals surface area contributed by atoms with E-state index in [1.54, 1.807) is 0 Å². The lowest BCUT2D eigenvalue weighted by molar-refractivity contribution is 0.117. The number of ether oxygens (including phenoxy) is 1. The lowest BCUT2D eigenvalue weighted by Gasteiger charge is -2.08. The maximum atomic E-state index is 5.59. The summed E-state index contributed by atoms with van der Waals surface area (Å²) in [5, 5.41) is 3.31. The van der Waals surface area contributed by atoms with E-state index in [2.05, 4.69) is 28.7 Å². The Morgan fingerprint density at radius 2 is 2.19 bits per heavy atom. The van der Waals surface area contributed by atoms with Gasteiger partial charge in [-0.2, -0.15) is 0 Å². The van der Waals surface area contributed by atoms with Crippen LogP contribution in [0.25, 0.3) is 0 Å². The molecule has 1 heterocycles. The van der Waals surface area contributed by atoms with Gasteiger partial charge in [-0.3, -0.25) is 0 Å². The standard InChI is InChI=1S/C12H23N3O/c1-3-5-13-6-8-16-10-12-9-14-11-15(12)7-4-2/h9,11,13H,3-8,10H2,1-2H3. The summed E-state index contributed by atoms with van der Waals surface area (Å²) in [5.74, 6) is 0. The molecule has 0 amide bonds. The molecule has 4 nitrogen and oxygen atoms in total. The third-order valence-electron chi connectivity index (χ3n) is 2.36. The highest BCUT2D eigenvalue weighted by Crippen LogP contribution is 2.02. The highest BCUT2D eigenvalue weighted by Gasteiger charge is 2.00. The van der Waals surface area contributed by atoms with E-state index in [0.717, 1.165) is 38.4 Å². The van der Waals surface area contributed by atoms with Crippen molar-refractivity contribution in [3.8, 4) is 0 Å². The van der Waals surface area contributed by atoms with E-state index in [4.69, 9.17) is 4.74 Å². The van der Waals surface area contributed by atoms with Gasteiger partial charge in [-0.1, -0.05) is 13.8 Å². The van der Waals surface area contributed by atoms with Crippen LogP contribution in [0.1, 0.15) is 32.4 Å². The number of hydrogen-bond donors (Lipinski definition) is 1. The maximum absolute atomic E-state index is 5.59. The van der Waals surface area contributed by atoms with Gasteiger partial charge in [0.2, 0.25) is 0 Å². The number of rotatable bonds is 9. The molecule has 0 aliphatic heterocycles. The number of nitrogens with zero attached hydrogens (tertiary/aromatic N) is 2. The van der Waals surface area contributed by atoms with Gasteiger partial charge in [0.1, 0.15) is 0 Å². The molecular weight excluding hydrogens is 202 g/mol. The smallest absolute Gasteiger partial charge is 0.0948 e. The van der Waals surface area contributed by atoms with Gasteiger partial charge < -0.3 is 14.6 Å². The van der Waals surface area contributed by atoms with Crippen LogP contribution in [0.5, 0.6) is 0 Å². The molecule has 0 spiro atoms. The van der Waals surface area contributed by atoms with E-state index in [0.29, 0.717) is 6.61 Å². The van der Waals surface area contributed by atoms with E-state index in [1.165, 1.54) is 6.42 Å². The van der Waals surface area contributed by atoms with Crippen LogP contribution in [0.4, 0.5) is 0 Å². The summed E-state index contributed by atoms with van der Waals surface area (Å²) in [6.45, 7) is 8.77. The van der Waals surface area contributed by atoms with Gasteiger partial charge in [-0.05, 0) is 19.4 Å². The van der Waals surface area contributed by atoms with Crippen LogP contribution in [0.2, 0.25) is 0 Å². The van der Waals surface area contributed by atoms with Crippen LogP contribution >= 0.6 is 0 Å². The van der Waals surface area contributed by atoms with Gasteiger partial charge >= 0.3 is 0 Å². The predicted molar refractivity (Wildman–Crippen MR) is 65.3 cm³/mol. The van der Waals surface area contributed by atoms with Gasteiger partial charge in [-0.25, -0.2) is 4.98 Å². The molecule has 0 saturated heterocycles. The average Bonchev–Trinajstić information content (AvgIpc) is 2.72. The minimum absolute atomic E-state index is 0.661. The Kier molecular flexibility index (Phi) is 6.85.